The number of benzene rings is 1. The van der Waals surface area contributed by atoms with Gasteiger partial charge < -0.3 is 15.5 Å². The van der Waals surface area contributed by atoms with Crippen LogP contribution >= 0.6 is 0 Å². The maximum Gasteiger partial charge on any atom is 0.135 e. The average molecular weight is 389 g/mol. The molecule has 1 aromatic heterocycles. The van der Waals surface area contributed by atoms with Crippen molar-refractivity contribution >= 4 is 0 Å². The zero-order chi connectivity index (χ0) is 17.5. The van der Waals surface area contributed by atoms with Crippen LogP contribution in [0.2, 0.25) is 0 Å². The number of hydrogen-bond donors (Lipinski definition) is 0. The molecule has 4 N–H and O–H groups in total. The third-order valence-electron chi connectivity index (χ3n) is 5.55. The molecule has 1 heterocycles. The Morgan fingerprint density at radius 3 is 2.29 bits per heavy atom. The highest BCUT2D eigenvalue weighted by Gasteiger charge is 2.13. The van der Waals surface area contributed by atoms with Gasteiger partial charge in [0.25, 0.3) is 0 Å². The van der Waals surface area contributed by atoms with Crippen LogP contribution in [-0.2, 0) is 13.0 Å². The van der Waals surface area contributed by atoms with E-state index in [4.69, 9.17) is 0 Å². The van der Waals surface area contributed by atoms with Gasteiger partial charge in [0, 0.05) is 25.4 Å². The molecular weight excluding hydrogens is 348 g/mol. The average Bonchev–Trinajstić information content (AvgIpc) is 2.68. The number of hydrogen-bond acceptors (Lipinski definition) is 1. The van der Waals surface area contributed by atoms with Gasteiger partial charge >= 0.3 is 0 Å². The van der Waals surface area contributed by atoms with E-state index in [1.807, 2.05) is 7.05 Å². The summed E-state index contributed by atoms with van der Waals surface area (Å²) in [4.78, 5) is 4.55. The largest absolute Gasteiger partial charge is 0.412 e. The van der Waals surface area contributed by atoms with E-state index in [0.717, 1.165) is 24.4 Å². The maximum absolute atomic E-state index is 4.55. The number of rotatable bonds is 6. The zero-order valence-electron chi connectivity index (χ0n) is 16.9. The molecule has 1 aromatic carbocycles. The maximum atomic E-state index is 4.55. The number of aromatic nitrogens is 1. The fraction of sp³-hybridized carbons (Fsp3) is 0.542. The van der Waals surface area contributed by atoms with E-state index in [0.29, 0.717) is 0 Å². The summed E-state index contributed by atoms with van der Waals surface area (Å²) in [6.07, 6.45) is 13.1. The summed E-state index contributed by atoms with van der Waals surface area (Å²) in [5.74, 6) is 0.959. The summed E-state index contributed by atoms with van der Waals surface area (Å²) < 4.78 is 2.26. The van der Waals surface area contributed by atoms with Crippen LogP contribution in [0, 0.1) is 5.92 Å². The van der Waals surface area contributed by atoms with E-state index < -0.39 is 0 Å². The molecule has 1 fully saturated rings. The van der Waals surface area contributed by atoms with Crippen LogP contribution in [0.4, 0.5) is 0 Å². The quantitative estimate of drug-likeness (QED) is 0.693. The summed E-state index contributed by atoms with van der Waals surface area (Å²) >= 11 is 0. The van der Waals surface area contributed by atoms with E-state index in [2.05, 4.69) is 59.1 Å². The standard InChI is InChI=1S/C23H32N2.CH4.2H2O/c1-3-17-25-18-7-10-22(23(25)24-2)21-15-13-20(14-16-21)12-11-19-8-5-4-6-9-19;;;/h7,10,13-16,18-19H,3-6,8-9,11-12,17H2,1-2H3;1H4;2*1H2. The molecule has 2 aromatic rings. The topological polar surface area (TPSA) is 80.3 Å². The number of nitrogens with zero attached hydrogens (tertiary/aromatic N) is 2. The molecule has 0 amide bonds. The molecule has 0 spiro atoms. The molecule has 28 heavy (non-hydrogen) atoms. The first-order chi connectivity index (χ1) is 12.3. The van der Waals surface area contributed by atoms with Crippen LogP contribution in [0.3, 0.4) is 0 Å². The Morgan fingerprint density at radius 1 is 1.00 bits per heavy atom. The van der Waals surface area contributed by atoms with E-state index >= 15 is 0 Å². The Bertz CT molecular complexity index is 729. The minimum atomic E-state index is 0. The Hall–Kier alpha value is -1.91. The third kappa shape index (κ3) is 6.61. The van der Waals surface area contributed by atoms with Crippen molar-refractivity contribution in [3.63, 3.8) is 0 Å². The fourth-order valence-electron chi connectivity index (χ4n) is 4.14. The lowest BCUT2D eigenvalue weighted by Gasteiger charge is -2.21. The highest BCUT2D eigenvalue weighted by atomic mass is 16.0. The summed E-state index contributed by atoms with van der Waals surface area (Å²) in [6, 6.07) is 13.5. The molecule has 4 nitrogen and oxygen atoms in total. The molecule has 0 atom stereocenters. The van der Waals surface area contributed by atoms with E-state index in [-0.39, 0.29) is 18.4 Å². The van der Waals surface area contributed by atoms with E-state index in [9.17, 15) is 0 Å². The Balaban J connectivity index is 0.00000243. The molecule has 4 heteroatoms. The predicted molar refractivity (Wildman–Crippen MR) is 121 cm³/mol. The lowest BCUT2D eigenvalue weighted by Crippen LogP contribution is -2.22. The molecule has 0 unspecified atom stereocenters. The van der Waals surface area contributed by atoms with Gasteiger partial charge in [-0.15, -0.1) is 0 Å². The second-order valence-corrected chi connectivity index (χ2v) is 7.40. The van der Waals surface area contributed by atoms with Gasteiger partial charge in [-0.05, 0) is 48.4 Å². The van der Waals surface area contributed by atoms with Crippen molar-refractivity contribution < 1.29 is 11.0 Å². The summed E-state index contributed by atoms with van der Waals surface area (Å²) in [7, 11) is 1.89. The summed E-state index contributed by atoms with van der Waals surface area (Å²) in [6.45, 7) is 3.22. The lowest BCUT2D eigenvalue weighted by atomic mass is 9.85. The van der Waals surface area contributed by atoms with Crippen molar-refractivity contribution in [2.75, 3.05) is 7.05 Å². The van der Waals surface area contributed by atoms with Crippen LogP contribution in [0.15, 0.2) is 47.6 Å². The normalized spacial score (nSPS) is 14.6. The van der Waals surface area contributed by atoms with Crippen LogP contribution in [0.5, 0.6) is 0 Å². The van der Waals surface area contributed by atoms with Crippen LogP contribution in [-0.4, -0.2) is 22.6 Å². The molecule has 1 saturated carbocycles. The van der Waals surface area contributed by atoms with Gasteiger partial charge in [-0.3, -0.25) is 4.99 Å². The van der Waals surface area contributed by atoms with Crippen molar-refractivity contribution in [3.8, 4) is 11.1 Å². The summed E-state index contributed by atoms with van der Waals surface area (Å²) in [5.41, 5.74) is 5.06. The molecule has 0 radical (unpaired) electrons. The van der Waals surface area contributed by atoms with Gasteiger partial charge in [-0.25, -0.2) is 0 Å². The van der Waals surface area contributed by atoms with E-state index in [1.165, 1.54) is 61.6 Å². The van der Waals surface area contributed by atoms with Gasteiger partial charge in [-0.2, -0.15) is 0 Å². The van der Waals surface area contributed by atoms with Gasteiger partial charge in [0.1, 0.15) is 5.49 Å². The second-order valence-electron chi connectivity index (χ2n) is 7.40. The van der Waals surface area contributed by atoms with Gasteiger partial charge in [0.05, 0.1) is 0 Å². The molecular formula is C24H40N2O2. The minimum absolute atomic E-state index is 0. The third-order valence-corrected chi connectivity index (χ3v) is 5.55. The second kappa shape index (κ2) is 13.3. The molecule has 1 aliphatic rings. The van der Waals surface area contributed by atoms with Crippen molar-refractivity contribution in [1.29, 1.82) is 0 Å². The predicted octanol–water partition coefficient (Wildman–Crippen LogP) is 4.60. The molecule has 1 aliphatic carbocycles. The van der Waals surface area contributed by atoms with Gasteiger partial charge in [-0.1, -0.05) is 70.7 Å². The van der Waals surface area contributed by atoms with Crippen molar-refractivity contribution in [1.82, 2.24) is 4.57 Å². The smallest absolute Gasteiger partial charge is 0.135 e. The van der Waals surface area contributed by atoms with Crippen molar-refractivity contribution in [2.45, 2.75) is 72.3 Å². The zero-order valence-corrected chi connectivity index (χ0v) is 16.9. The Labute approximate surface area is 171 Å². The SMILES string of the molecule is C.CCCn1cccc(-c2ccc(CCC3CCCCC3)cc2)c1=NC.O.O. The molecule has 3 rings (SSSR count). The minimum Gasteiger partial charge on any atom is -0.412 e. The molecule has 158 valence electrons. The fourth-order valence-corrected chi connectivity index (χ4v) is 4.14. The molecule has 0 bridgehead atoms. The summed E-state index contributed by atoms with van der Waals surface area (Å²) in [5, 5.41) is 0. The van der Waals surface area contributed by atoms with Gasteiger partial charge in [0.2, 0.25) is 0 Å². The van der Waals surface area contributed by atoms with Gasteiger partial charge in [0.15, 0.2) is 0 Å². The highest BCUT2D eigenvalue weighted by molar-refractivity contribution is 5.62. The Morgan fingerprint density at radius 2 is 1.68 bits per heavy atom. The Kier molecular flexibility index (Phi) is 12.4. The van der Waals surface area contributed by atoms with Crippen LogP contribution in [0.25, 0.3) is 11.1 Å². The number of aryl methyl sites for hydroxylation is 2. The monoisotopic (exact) mass is 388 g/mol. The first kappa shape index (κ1) is 26.1. The van der Waals surface area contributed by atoms with Crippen LogP contribution in [0.1, 0.15) is 64.9 Å². The van der Waals surface area contributed by atoms with E-state index in [1.54, 1.807) is 0 Å². The number of pyridine rings is 1. The van der Waals surface area contributed by atoms with Crippen LogP contribution < -0.4 is 5.49 Å². The first-order valence-corrected chi connectivity index (χ1v) is 10.0. The first-order valence-electron chi connectivity index (χ1n) is 10.0. The molecule has 0 aliphatic heterocycles. The van der Waals surface area contributed by atoms with Crippen molar-refractivity contribution in [3.05, 3.63) is 53.6 Å². The lowest BCUT2D eigenvalue weighted by molar-refractivity contribution is 0.339. The molecule has 0 saturated heterocycles. The highest BCUT2D eigenvalue weighted by Crippen LogP contribution is 2.27. The van der Waals surface area contributed by atoms with Crippen molar-refractivity contribution in [2.24, 2.45) is 10.9 Å².